The molecule has 2 rings (SSSR count). The minimum Gasteiger partial charge on any atom is -0.493 e. The molecule has 0 spiro atoms. The van der Waals surface area contributed by atoms with Crippen LogP contribution in [0.5, 0.6) is 5.75 Å². The molecule has 0 amide bonds. The maximum Gasteiger partial charge on any atom is 0.184 e. The van der Waals surface area contributed by atoms with Crippen molar-refractivity contribution in [2.75, 3.05) is 38.3 Å². The SMILES string of the molecule is CN(C)Cc1cc(OCCCNc2nsnc2N)cs1. The molecular formula is C12H19N5OS2. The number of thiophene rings is 1. The molecule has 0 aromatic carbocycles. The molecule has 0 aliphatic heterocycles. The second-order valence-corrected chi connectivity index (χ2v) is 6.14. The molecule has 0 saturated carbocycles. The first-order chi connectivity index (χ1) is 9.65. The summed E-state index contributed by atoms with van der Waals surface area (Å²) in [5.74, 6) is 2.07. The van der Waals surface area contributed by atoms with Crippen molar-refractivity contribution in [2.24, 2.45) is 0 Å². The van der Waals surface area contributed by atoms with E-state index in [0.717, 1.165) is 37.0 Å². The van der Waals surface area contributed by atoms with Gasteiger partial charge in [0.25, 0.3) is 0 Å². The maximum absolute atomic E-state index is 5.71. The predicted molar refractivity (Wildman–Crippen MR) is 84.6 cm³/mol. The second kappa shape index (κ2) is 7.41. The summed E-state index contributed by atoms with van der Waals surface area (Å²) < 4.78 is 13.7. The molecular weight excluding hydrogens is 294 g/mol. The lowest BCUT2D eigenvalue weighted by Crippen LogP contribution is -2.09. The molecule has 20 heavy (non-hydrogen) atoms. The summed E-state index contributed by atoms with van der Waals surface area (Å²) in [6, 6.07) is 2.10. The van der Waals surface area contributed by atoms with E-state index in [4.69, 9.17) is 10.5 Å². The zero-order valence-electron chi connectivity index (χ0n) is 11.6. The van der Waals surface area contributed by atoms with Crippen molar-refractivity contribution in [2.45, 2.75) is 13.0 Å². The normalized spacial score (nSPS) is 10.9. The zero-order valence-corrected chi connectivity index (χ0v) is 13.3. The van der Waals surface area contributed by atoms with E-state index < -0.39 is 0 Å². The highest BCUT2D eigenvalue weighted by atomic mass is 32.1. The maximum atomic E-state index is 5.71. The van der Waals surface area contributed by atoms with Gasteiger partial charge in [0.05, 0.1) is 18.3 Å². The van der Waals surface area contributed by atoms with Crippen molar-refractivity contribution in [1.29, 1.82) is 0 Å². The van der Waals surface area contributed by atoms with Gasteiger partial charge in [0.1, 0.15) is 5.75 Å². The fourth-order valence-corrected chi connectivity index (χ4v) is 2.99. The van der Waals surface area contributed by atoms with Gasteiger partial charge in [-0.3, -0.25) is 0 Å². The fraction of sp³-hybridized carbons (Fsp3) is 0.500. The van der Waals surface area contributed by atoms with Crippen LogP contribution in [0, 0.1) is 0 Å². The summed E-state index contributed by atoms with van der Waals surface area (Å²) in [7, 11) is 4.12. The van der Waals surface area contributed by atoms with E-state index in [1.54, 1.807) is 11.3 Å². The molecule has 0 aliphatic carbocycles. The molecule has 0 aliphatic rings. The first-order valence-corrected chi connectivity index (χ1v) is 7.93. The fourth-order valence-electron chi connectivity index (χ4n) is 1.62. The zero-order chi connectivity index (χ0) is 14.4. The minimum absolute atomic E-state index is 0.460. The molecule has 0 radical (unpaired) electrons. The van der Waals surface area contributed by atoms with Crippen LogP contribution in [0.1, 0.15) is 11.3 Å². The van der Waals surface area contributed by atoms with E-state index in [9.17, 15) is 0 Å². The summed E-state index contributed by atoms with van der Waals surface area (Å²) in [6.07, 6.45) is 0.885. The van der Waals surface area contributed by atoms with E-state index in [1.165, 1.54) is 4.88 Å². The Morgan fingerprint density at radius 1 is 1.40 bits per heavy atom. The predicted octanol–water partition coefficient (Wildman–Crippen LogP) is 2.12. The molecule has 2 aromatic heterocycles. The molecule has 2 aromatic rings. The summed E-state index contributed by atoms with van der Waals surface area (Å²) >= 11 is 2.84. The Bertz CT molecular complexity index is 525. The number of nitrogens with two attached hydrogens (primary N) is 1. The van der Waals surface area contributed by atoms with Crippen LogP contribution >= 0.6 is 23.1 Å². The van der Waals surface area contributed by atoms with Crippen molar-refractivity contribution in [3.8, 4) is 5.75 Å². The number of nitrogens with one attached hydrogen (secondary N) is 1. The van der Waals surface area contributed by atoms with Crippen LogP contribution in [0.4, 0.5) is 11.6 Å². The second-order valence-electron chi connectivity index (χ2n) is 4.61. The molecule has 0 bridgehead atoms. The van der Waals surface area contributed by atoms with E-state index in [0.29, 0.717) is 18.2 Å². The van der Waals surface area contributed by atoms with E-state index in [1.807, 2.05) is 0 Å². The third-order valence-corrected chi connectivity index (χ3v) is 3.94. The monoisotopic (exact) mass is 313 g/mol. The summed E-state index contributed by atoms with van der Waals surface area (Å²) in [5, 5.41) is 5.19. The van der Waals surface area contributed by atoms with Crippen molar-refractivity contribution < 1.29 is 4.74 Å². The van der Waals surface area contributed by atoms with Gasteiger partial charge in [-0.05, 0) is 26.6 Å². The van der Waals surface area contributed by atoms with Crippen LogP contribution in [0.25, 0.3) is 0 Å². The number of anilines is 2. The highest BCUT2D eigenvalue weighted by molar-refractivity contribution is 7.10. The first-order valence-electron chi connectivity index (χ1n) is 6.32. The molecule has 6 nitrogen and oxygen atoms in total. The largest absolute Gasteiger partial charge is 0.493 e. The van der Waals surface area contributed by atoms with Gasteiger partial charge in [-0.1, -0.05) is 0 Å². The van der Waals surface area contributed by atoms with Gasteiger partial charge in [0, 0.05) is 23.3 Å². The Kier molecular flexibility index (Phi) is 5.57. The average Bonchev–Trinajstić information content (AvgIpc) is 2.98. The van der Waals surface area contributed by atoms with Crippen molar-refractivity contribution in [3.63, 3.8) is 0 Å². The number of rotatable bonds is 8. The molecule has 110 valence electrons. The van der Waals surface area contributed by atoms with Gasteiger partial charge in [0.2, 0.25) is 0 Å². The third kappa shape index (κ3) is 4.62. The molecule has 3 N–H and O–H groups in total. The van der Waals surface area contributed by atoms with Gasteiger partial charge in [0.15, 0.2) is 11.6 Å². The Labute approximate surface area is 126 Å². The number of aromatic nitrogens is 2. The van der Waals surface area contributed by atoms with Crippen molar-refractivity contribution in [3.05, 3.63) is 16.3 Å². The molecule has 0 fully saturated rings. The van der Waals surface area contributed by atoms with Crippen molar-refractivity contribution >= 4 is 34.7 Å². The van der Waals surface area contributed by atoms with E-state index >= 15 is 0 Å². The highest BCUT2D eigenvalue weighted by Crippen LogP contribution is 2.22. The number of nitrogens with zero attached hydrogens (tertiary/aromatic N) is 3. The third-order valence-electron chi connectivity index (χ3n) is 2.50. The first kappa shape index (κ1) is 15.0. The Balaban J connectivity index is 1.63. The molecule has 0 saturated heterocycles. The smallest absolute Gasteiger partial charge is 0.184 e. The van der Waals surface area contributed by atoms with Gasteiger partial charge in [-0.2, -0.15) is 8.75 Å². The summed E-state index contributed by atoms with van der Waals surface area (Å²) in [4.78, 5) is 3.45. The van der Waals surface area contributed by atoms with Crippen LogP contribution in [-0.4, -0.2) is 40.9 Å². The summed E-state index contributed by atoms with van der Waals surface area (Å²) in [5.41, 5.74) is 5.63. The number of hydrogen-bond acceptors (Lipinski definition) is 8. The number of nitrogen functional groups attached to an aromatic ring is 1. The Hall–Kier alpha value is -1.38. The highest BCUT2D eigenvalue weighted by Gasteiger charge is 2.03. The lowest BCUT2D eigenvalue weighted by molar-refractivity contribution is 0.315. The summed E-state index contributed by atoms with van der Waals surface area (Å²) in [6.45, 7) is 2.39. The van der Waals surface area contributed by atoms with Gasteiger partial charge in [-0.25, -0.2) is 0 Å². The van der Waals surface area contributed by atoms with E-state index in [-0.39, 0.29) is 0 Å². The van der Waals surface area contributed by atoms with Crippen LogP contribution in [-0.2, 0) is 6.54 Å². The Morgan fingerprint density at radius 3 is 2.95 bits per heavy atom. The van der Waals surface area contributed by atoms with Gasteiger partial charge < -0.3 is 20.7 Å². The molecule has 8 heteroatoms. The number of hydrogen-bond donors (Lipinski definition) is 2. The van der Waals surface area contributed by atoms with Crippen LogP contribution in [0.3, 0.4) is 0 Å². The quantitative estimate of drug-likeness (QED) is 0.727. The Morgan fingerprint density at radius 2 is 2.25 bits per heavy atom. The minimum atomic E-state index is 0.460. The average molecular weight is 313 g/mol. The molecule has 0 atom stereocenters. The molecule has 0 unspecified atom stereocenters. The van der Waals surface area contributed by atoms with Gasteiger partial charge >= 0.3 is 0 Å². The number of ether oxygens (including phenoxy) is 1. The topological polar surface area (TPSA) is 76.3 Å². The van der Waals surface area contributed by atoms with E-state index in [2.05, 4.69) is 44.5 Å². The van der Waals surface area contributed by atoms with Gasteiger partial charge in [-0.15, -0.1) is 11.3 Å². The molecule has 2 heterocycles. The van der Waals surface area contributed by atoms with Crippen molar-refractivity contribution in [1.82, 2.24) is 13.6 Å². The lowest BCUT2D eigenvalue weighted by Gasteiger charge is -2.06. The lowest BCUT2D eigenvalue weighted by atomic mass is 10.4. The van der Waals surface area contributed by atoms with Crippen LogP contribution in [0.2, 0.25) is 0 Å². The van der Waals surface area contributed by atoms with Crippen LogP contribution in [0.15, 0.2) is 11.4 Å². The van der Waals surface area contributed by atoms with Crippen LogP contribution < -0.4 is 15.8 Å². The standard InChI is InChI=1S/C12H19N5OS2/c1-17(2)7-10-6-9(8-19-10)18-5-3-4-14-12-11(13)15-20-16-12/h6,8H,3-5,7H2,1-2H3,(H2,13,15)(H,14,16).